The van der Waals surface area contributed by atoms with Crippen LogP contribution in [0.25, 0.3) is 0 Å². The van der Waals surface area contributed by atoms with Gasteiger partial charge in [0.15, 0.2) is 0 Å². The van der Waals surface area contributed by atoms with Gasteiger partial charge in [-0.2, -0.15) is 0 Å². The second-order valence-corrected chi connectivity index (χ2v) is 4.41. The second-order valence-electron chi connectivity index (χ2n) is 4.41. The number of hydrogen-bond donors (Lipinski definition) is 2. The molecular formula is C12H18N2O2. The highest BCUT2D eigenvalue weighted by Crippen LogP contribution is 2.20. The zero-order chi connectivity index (χ0) is 11.4. The van der Waals surface area contributed by atoms with Crippen LogP contribution in [0.3, 0.4) is 0 Å². The van der Waals surface area contributed by atoms with E-state index in [1.807, 2.05) is 19.1 Å². The minimum atomic E-state index is -0.649. The first-order chi connectivity index (χ1) is 7.68. The normalized spacial score (nSPS) is 19.4. The monoisotopic (exact) mass is 222 g/mol. The number of ether oxygens (including phenoxy) is 1. The molecule has 1 saturated heterocycles. The number of aryl methyl sites for hydroxylation is 1. The third kappa shape index (κ3) is 2.93. The third-order valence-corrected chi connectivity index (χ3v) is 2.94. The number of nitrogens with one attached hydrogen (secondary N) is 1. The zero-order valence-electron chi connectivity index (χ0n) is 9.57. The average Bonchev–Trinajstić information content (AvgIpc) is 2.28. The van der Waals surface area contributed by atoms with Crippen molar-refractivity contribution in [2.45, 2.75) is 25.4 Å². The lowest BCUT2D eigenvalue weighted by Gasteiger charge is -2.32. The Hall–Kier alpha value is -1.13. The van der Waals surface area contributed by atoms with Gasteiger partial charge in [-0.1, -0.05) is 0 Å². The minimum absolute atomic E-state index is 0.535. The SMILES string of the molecule is Cc1ccnc(NCC2(O)CCOCC2)c1. The van der Waals surface area contributed by atoms with Gasteiger partial charge in [0.2, 0.25) is 0 Å². The van der Waals surface area contributed by atoms with E-state index in [9.17, 15) is 5.11 Å². The van der Waals surface area contributed by atoms with E-state index in [1.54, 1.807) is 6.20 Å². The summed E-state index contributed by atoms with van der Waals surface area (Å²) in [5.74, 6) is 0.819. The summed E-state index contributed by atoms with van der Waals surface area (Å²) in [6.45, 7) is 3.84. The van der Waals surface area contributed by atoms with Crippen LogP contribution >= 0.6 is 0 Å². The van der Waals surface area contributed by atoms with E-state index in [4.69, 9.17) is 4.74 Å². The Morgan fingerprint density at radius 3 is 2.94 bits per heavy atom. The van der Waals surface area contributed by atoms with E-state index in [-0.39, 0.29) is 0 Å². The number of rotatable bonds is 3. The molecule has 2 rings (SSSR count). The minimum Gasteiger partial charge on any atom is -0.388 e. The van der Waals surface area contributed by atoms with Crippen LogP contribution in [-0.4, -0.2) is 35.5 Å². The zero-order valence-corrected chi connectivity index (χ0v) is 9.57. The van der Waals surface area contributed by atoms with Crippen LogP contribution in [0.5, 0.6) is 0 Å². The summed E-state index contributed by atoms with van der Waals surface area (Å²) >= 11 is 0. The summed E-state index contributed by atoms with van der Waals surface area (Å²) in [4.78, 5) is 4.20. The molecule has 1 fully saturated rings. The molecule has 0 atom stereocenters. The number of pyridine rings is 1. The topological polar surface area (TPSA) is 54.4 Å². The Kier molecular flexibility index (Phi) is 3.41. The maximum Gasteiger partial charge on any atom is 0.126 e. The number of hydrogen-bond acceptors (Lipinski definition) is 4. The summed E-state index contributed by atoms with van der Waals surface area (Å²) in [5, 5.41) is 13.4. The van der Waals surface area contributed by atoms with Crippen molar-refractivity contribution in [3.8, 4) is 0 Å². The lowest BCUT2D eigenvalue weighted by molar-refractivity contribution is -0.0543. The molecule has 0 unspecified atom stereocenters. The van der Waals surface area contributed by atoms with Crippen molar-refractivity contribution < 1.29 is 9.84 Å². The highest BCUT2D eigenvalue weighted by atomic mass is 16.5. The predicted octanol–water partition coefficient (Wildman–Crippen LogP) is 1.34. The Balaban J connectivity index is 1.91. The van der Waals surface area contributed by atoms with Crippen molar-refractivity contribution >= 4 is 5.82 Å². The molecule has 1 aromatic heterocycles. The molecule has 1 aliphatic rings. The quantitative estimate of drug-likeness (QED) is 0.810. The molecule has 0 spiro atoms. The molecule has 0 aromatic carbocycles. The summed E-state index contributed by atoms with van der Waals surface area (Å²) in [7, 11) is 0. The summed E-state index contributed by atoms with van der Waals surface area (Å²) in [5.41, 5.74) is 0.514. The molecule has 1 aromatic rings. The van der Waals surface area contributed by atoms with Crippen LogP contribution in [0.2, 0.25) is 0 Å². The van der Waals surface area contributed by atoms with Crippen molar-refractivity contribution in [3.63, 3.8) is 0 Å². The standard InChI is InChI=1S/C12H18N2O2/c1-10-2-5-13-11(8-10)14-9-12(15)3-6-16-7-4-12/h2,5,8,15H,3-4,6-7,9H2,1H3,(H,13,14). The number of aromatic nitrogens is 1. The van der Waals surface area contributed by atoms with Crippen LogP contribution in [0.1, 0.15) is 18.4 Å². The van der Waals surface area contributed by atoms with Crippen molar-refractivity contribution in [2.75, 3.05) is 25.1 Å². The van der Waals surface area contributed by atoms with Crippen molar-refractivity contribution in [2.24, 2.45) is 0 Å². The van der Waals surface area contributed by atoms with Gasteiger partial charge in [0.1, 0.15) is 5.82 Å². The Bertz CT molecular complexity index is 349. The maximum atomic E-state index is 10.2. The highest BCUT2D eigenvalue weighted by molar-refractivity contribution is 5.37. The molecule has 16 heavy (non-hydrogen) atoms. The van der Waals surface area contributed by atoms with Gasteiger partial charge in [-0.3, -0.25) is 0 Å². The lowest BCUT2D eigenvalue weighted by Crippen LogP contribution is -2.42. The third-order valence-electron chi connectivity index (χ3n) is 2.94. The van der Waals surface area contributed by atoms with Crippen molar-refractivity contribution in [3.05, 3.63) is 23.9 Å². The molecule has 1 aliphatic heterocycles. The summed E-state index contributed by atoms with van der Waals surface area (Å²) < 4.78 is 5.23. The van der Waals surface area contributed by atoms with Gasteiger partial charge in [-0.05, 0) is 24.6 Å². The van der Waals surface area contributed by atoms with Crippen molar-refractivity contribution in [1.82, 2.24) is 4.98 Å². The molecule has 88 valence electrons. The first-order valence-corrected chi connectivity index (χ1v) is 5.65. The molecule has 0 radical (unpaired) electrons. The molecule has 2 heterocycles. The van der Waals surface area contributed by atoms with Gasteiger partial charge in [0, 0.05) is 38.8 Å². The number of anilines is 1. The lowest BCUT2D eigenvalue weighted by atomic mass is 9.94. The van der Waals surface area contributed by atoms with Gasteiger partial charge in [-0.25, -0.2) is 4.98 Å². The van der Waals surface area contributed by atoms with Gasteiger partial charge < -0.3 is 15.2 Å². The first kappa shape index (κ1) is 11.4. The van der Waals surface area contributed by atoms with E-state index in [2.05, 4.69) is 10.3 Å². The van der Waals surface area contributed by atoms with E-state index in [0.717, 1.165) is 11.4 Å². The van der Waals surface area contributed by atoms with Gasteiger partial charge in [-0.15, -0.1) is 0 Å². The van der Waals surface area contributed by atoms with E-state index in [0.29, 0.717) is 32.6 Å². The maximum absolute atomic E-state index is 10.2. The van der Waals surface area contributed by atoms with Gasteiger partial charge in [0.05, 0.1) is 5.60 Å². The van der Waals surface area contributed by atoms with Crippen LogP contribution in [0, 0.1) is 6.92 Å². The van der Waals surface area contributed by atoms with Crippen LogP contribution < -0.4 is 5.32 Å². The first-order valence-electron chi connectivity index (χ1n) is 5.65. The fraction of sp³-hybridized carbons (Fsp3) is 0.583. The van der Waals surface area contributed by atoms with Gasteiger partial charge >= 0.3 is 0 Å². The Labute approximate surface area is 95.7 Å². The molecule has 4 nitrogen and oxygen atoms in total. The van der Waals surface area contributed by atoms with Crippen LogP contribution in [0.15, 0.2) is 18.3 Å². The largest absolute Gasteiger partial charge is 0.388 e. The molecule has 4 heteroatoms. The second kappa shape index (κ2) is 4.80. The molecule has 2 N–H and O–H groups in total. The van der Waals surface area contributed by atoms with Gasteiger partial charge in [0.25, 0.3) is 0 Å². The fourth-order valence-electron chi connectivity index (χ4n) is 1.82. The number of aliphatic hydroxyl groups is 1. The van der Waals surface area contributed by atoms with E-state index < -0.39 is 5.60 Å². The molecule has 0 saturated carbocycles. The van der Waals surface area contributed by atoms with E-state index in [1.165, 1.54) is 0 Å². The average molecular weight is 222 g/mol. The molecule has 0 bridgehead atoms. The highest BCUT2D eigenvalue weighted by Gasteiger charge is 2.29. The summed E-state index contributed by atoms with van der Waals surface area (Å²) in [6, 6.07) is 3.93. The predicted molar refractivity (Wildman–Crippen MR) is 62.5 cm³/mol. The van der Waals surface area contributed by atoms with Crippen molar-refractivity contribution in [1.29, 1.82) is 0 Å². The van der Waals surface area contributed by atoms with E-state index >= 15 is 0 Å². The molecular weight excluding hydrogens is 204 g/mol. The Morgan fingerprint density at radius 2 is 2.25 bits per heavy atom. The van der Waals surface area contributed by atoms with Crippen LogP contribution in [0.4, 0.5) is 5.82 Å². The number of nitrogens with zero attached hydrogens (tertiary/aromatic N) is 1. The summed E-state index contributed by atoms with van der Waals surface area (Å²) in [6.07, 6.45) is 3.14. The Morgan fingerprint density at radius 1 is 1.50 bits per heavy atom. The molecule has 0 aliphatic carbocycles. The molecule has 0 amide bonds. The fourth-order valence-corrected chi connectivity index (χ4v) is 1.82. The van der Waals surface area contributed by atoms with Crippen LogP contribution in [-0.2, 0) is 4.74 Å². The smallest absolute Gasteiger partial charge is 0.126 e.